The van der Waals surface area contributed by atoms with E-state index in [4.69, 9.17) is 22.1 Å². The van der Waals surface area contributed by atoms with Gasteiger partial charge in [-0.3, -0.25) is 4.98 Å². The molecular weight excluding hydrogens is 228 g/mol. The van der Waals surface area contributed by atoms with Crippen molar-refractivity contribution in [2.45, 2.75) is 24.7 Å². The number of ether oxygens (including phenoxy) is 1. The minimum atomic E-state index is -0.752. The number of carbonyl (C=O) groups excluding carboxylic acids is 1. The molecule has 4 nitrogen and oxygen atoms in total. The summed E-state index contributed by atoms with van der Waals surface area (Å²) >= 11 is 6.10. The Kier molecular flexibility index (Phi) is 3.01. The normalized spacial score (nSPS) is 17.6. The zero-order valence-corrected chi connectivity index (χ0v) is 9.54. The van der Waals surface area contributed by atoms with Crippen LogP contribution in [0.4, 0.5) is 4.79 Å². The second kappa shape index (κ2) is 4.29. The third-order valence-electron chi connectivity index (χ3n) is 3.06. The molecule has 0 aliphatic heterocycles. The van der Waals surface area contributed by atoms with E-state index in [1.54, 1.807) is 18.3 Å². The van der Waals surface area contributed by atoms with Gasteiger partial charge in [0.2, 0.25) is 0 Å². The van der Waals surface area contributed by atoms with Crippen LogP contribution in [0.3, 0.4) is 0 Å². The molecule has 2 N–H and O–H groups in total. The average Bonchev–Trinajstić information content (AvgIpc) is 2.18. The monoisotopic (exact) mass is 240 g/mol. The van der Waals surface area contributed by atoms with E-state index in [-0.39, 0.29) is 12.0 Å². The van der Waals surface area contributed by atoms with Crippen LogP contribution in [0.2, 0.25) is 5.02 Å². The molecule has 0 saturated heterocycles. The SMILES string of the molecule is NC(=O)OCC1(c2ncccc2Cl)CCC1. The van der Waals surface area contributed by atoms with Gasteiger partial charge in [-0.1, -0.05) is 18.0 Å². The van der Waals surface area contributed by atoms with Crippen molar-refractivity contribution in [3.8, 4) is 0 Å². The highest BCUT2D eigenvalue weighted by Crippen LogP contribution is 2.45. The summed E-state index contributed by atoms with van der Waals surface area (Å²) in [5.74, 6) is 0. The lowest BCUT2D eigenvalue weighted by Gasteiger charge is -2.40. The van der Waals surface area contributed by atoms with E-state index in [0.29, 0.717) is 5.02 Å². The number of primary amides is 1. The molecular formula is C11H13ClN2O2. The predicted octanol–water partition coefficient (Wildman–Crippen LogP) is 2.25. The van der Waals surface area contributed by atoms with Crippen molar-refractivity contribution >= 4 is 17.7 Å². The Bertz CT molecular complexity index is 405. The summed E-state index contributed by atoms with van der Waals surface area (Å²) in [6.07, 6.45) is 3.90. The van der Waals surface area contributed by atoms with Crippen LogP contribution < -0.4 is 5.73 Å². The predicted molar refractivity (Wildman–Crippen MR) is 60.3 cm³/mol. The van der Waals surface area contributed by atoms with E-state index in [1.165, 1.54) is 0 Å². The van der Waals surface area contributed by atoms with Crippen LogP contribution in [0.25, 0.3) is 0 Å². The highest BCUT2D eigenvalue weighted by Gasteiger charge is 2.42. The number of hydrogen-bond acceptors (Lipinski definition) is 3. The molecule has 0 radical (unpaired) electrons. The van der Waals surface area contributed by atoms with Gasteiger partial charge in [-0.05, 0) is 25.0 Å². The van der Waals surface area contributed by atoms with Crippen molar-refractivity contribution in [3.63, 3.8) is 0 Å². The van der Waals surface area contributed by atoms with Gasteiger partial charge in [0.05, 0.1) is 10.7 Å². The van der Waals surface area contributed by atoms with Gasteiger partial charge in [-0.15, -0.1) is 0 Å². The van der Waals surface area contributed by atoms with E-state index >= 15 is 0 Å². The number of amides is 1. The molecule has 86 valence electrons. The lowest BCUT2D eigenvalue weighted by atomic mass is 9.67. The van der Waals surface area contributed by atoms with Crippen molar-refractivity contribution < 1.29 is 9.53 Å². The molecule has 5 heteroatoms. The summed E-state index contributed by atoms with van der Waals surface area (Å²) in [5.41, 5.74) is 5.56. The summed E-state index contributed by atoms with van der Waals surface area (Å²) in [6.45, 7) is 0.263. The standard InChI is InChI=1S/C11H13ClN2O2/c12-8-3-1-6-14-9(8)11(4-2-5-11)7-16-10(13)15/h1,3,6H,2,4-5,7H2,(H2,13,15). The van der Waals surface area contributed by atoms with Crippen molar-refractivity contribution in [2.24, 2.45) is 5.73 Å². The first-order valence-electron chi connectivity index (χ1n) is 5.17. The molecule has 0 aromatic carbocycles. The summed E-state index contributed by atoms with van der Waals surface area (Å²) in [7, 11) is 0. The summed E-state index contributed by atoms with van der Waals surface area (Å²) < 4.78 is 4.90. The Morgan fingerprint density at radius 3 is 2.88 bits per heavy atom. The molecule has 1 aromatic rings. The van der Waals surface area contributed by atoms with Gasteiger partial charge in [0.15, 0.2) is 0 Å². The number of hydrogen-bond donors (Lipinski definition) is 1. The van der Waals surface area contributed by atoms with Crippen LogP contribution in [0, 0.1) is 0 Å². The van der Waals surface area contributed by atoms with Gasteiger partial charge >= 0.3 is 6.09 Å². The summed E-state index contributed by atoms with van der Waals surface area (Å²) in [5, 5.41) is 0.621. The van der Waals surface area contributed by atoms with Crippen LogP contribution in [0.15, 0.2) is 18.3 Å². The maximum absolute atomic E-state index is 10.6. The smallest absolute Gasteiger partial charge is 0.404 e. The fourth-order valence-electron chi connectivity index (χ4n) is 2.04. The van der Waals surface area contributed by atoms with Crippen molar-refractivity contribution in [2.75, 3.05) is 6.61 Å². The fraction of sp³-hybridized carbons (Fsp3) is 0.455. The van der Waals surface area contributed by atoms with Crippen molar-refractivity contribution in [3.05, 3.63) is 29.0 Å². The number of aromatic nitrogens is 1. The first kappa shape index (κ1) is 11.2. The Morgan fingerprint density at radius 2 is 2.38 bits per heavy atom. The molecule has 0 spiro atoms. The first-order chi connectivity index (χ1) is 7.64. The number of nitrogens with zero attached hydrogens (tertiary/aromatic N) is 1. The lowest BCUT2D eigenvalue weighted by molar-refractivity contribution is 0.0844. The van der Waals surface area contributed by atoms with E-state index < -0.39 is 6.09 Å². The van der Waals surface area contributed by atoms with Gasteiger partial charge in [-0.2, -0.15) is 0 Å². The quantitative estimate of drug-likeness (QED) is 0.881. The lowest BCUT2D eigenvalue weighted by Crippen LogP contribution is -2.41. The number of nitrogens with two attached hydrogens (primary N) is 1. The maximum atomic E-state index is 10.6. The molecule has 1 fully saturated rings. The van der Waals surface area contributed by atoms with Crippen molar-refractivity contribution in [1.82, 2.24) is 4.98 Å². The minimum Gasteiger partial charge on any atom is -0.449 e. The van der Waals surface area contributed by atoms with Gasteiger partial charge in [0.25, 0.3) is 0 Å². The molecule has 1 aromatic heterocycles. The average molecular weight is 241 g/mol. The van der Waals surface area contributed by atoms with Gasteiger partial charge in [0.1, 0.15) is 6.61 Å². The highest BCUT2D eigenvalue weighted by molar-refractivity contribution is 6.31. The molecule has 1 aliphatic carbocycles. The van der Waals surface area contributed by atoms with Gasteiger partial charge in [0, 0.05) is 11.6 Å². The molecule has 1 aliphatic rings. The number of rotatable bonds is 3. The van der Waals surface area contributed by atoms with Crippen molar-refractivity contribution in [1.29, 1.82) is 0 Å². The van der Waals surface area contributed by atoms with E-state index in [2.05, 4.69) is 4.98 Å². The second-order valence-electron chi connectivity index (χ2n) is 4.08. The van der Waals surface area contributed by atoms with E-state index in [0.717, 1.165) is 25.0 Å². The number of carbonyl (C=O) groups is 1. The van der Waals surface area contributed by atoms with E-state index in [9.17, 15) is 4.79 Å². The van der Waals surface area contributed by atoms with Crippen LogP contribution in [-0.2, 0) is 10.2 Å². The molecule has 0 bridgehead atoms. The van der Waals surface area contributed by atoms with Gasteiger partial charge < -0.3 is 10.5 Å². The van der Waals surface area contributed by atoms with Gasteiger partial charge in [-0.25, -0.2) is 4.79 Å². The zero-order chi connectivity index (χ0) is 11.6. The number of pyridine rings is 1. The number of halogens is 1. The largest absolute Gasteiger partial charge is 0.449 e. The third-order valence-corrected chi connectivity index (χ3v) is 3.37. The topological polar surface area (TPSA) is 65.2 Å². The molecule has 16 heavy (non-hydrogen) atoms. The molecule has 2 rings (SSSR count). The highest BCUT2D eigenvalue weighted by atomic mass is 35.5. The Balaban J connectivity index is 2.21. The molecule has 1 heterocycles. The first-order valence-corrected chi connectivity index (χ1v) is 5.55. The zero-order valence-electron chi connectivity index (χ0n) is 8.78. The van der Waals surface area contributed by atoms with Crippen LogP contribution in [0.1, 0.15) is 25.0 Å². The minimum absolute atomic E-state index is 0.229. The van der Waals surface area contributed by atoms with Crippen LogP contribution in [-0.4, -0.2) is 17.7 Å². The summed E-state index contributed by atoms with van der Waals surface area (Å²) in [4.78, 5) is 14.9. The Morgan fingerprint density at radius 1 is 1.62 bits per heavy atom. The van der Waals surface area contributed by atoms with Crippen LogP contribution in [0.5, 0.6) is 0 Å². The van der Waals surface area contributed by atoms with E-state index in [1.807, 2.05) is 0 Å². The van der Waals surface area contributed by atoms with Crippen LogP contribution >= 0.6 is 11.6 Å². The Labute approximate surface area is 98.8 Å². The molecule has 0 atom stereocenters. The third kappa shape index (κ3) is 1.97. The summed E-state index contributed by atoms with van der Waals surface area (Å²) in [6, 6.07) is 3.58. The molecule has 1 amide bonds. The maximum Gasteiger partial charge on any atom is 0.404 e. The Hall–Kier alpha value is -1.29. The molecule has 0 unspecified atom stereocenters. The molecule has 1 saturated carbocycles. The fourth-order valence-corrected chi connectivity index (χ4v) is 2.36. The second-order valence-corrected chi connectivity index (χ2v) is 4.48.